The van der Waals surface area contributed by atoms with Crippen LogP contribution in [0.2, 0.25) is 0 Å². The zero-order valence-corrected chi connectivity index (χ0v) is 12.4. The highest BCUT2D eigenvalue weighted by molar-refractivity contribution is 5.85. The highest BCUT2D eigenvalue weighted by atomic mass is 16.5. The number of carboxylic acids is 1. The zero-order valence-electron chi connectivity index (χ0n) is 12.4. The molecule has 1 aromatic carbocycles. The van der Waals surface area contributed by atoms with E-state index in [1.54, 1.807) is 0 Å². The van der Waals surface area contributed by atoms with E-state index in [2.05, 4.69) is 13.8 Å². The van der Waals surface area contributed by atoms with Crippen LogP contribution in [0.1, 0.15) is 43.5 Å². The minimum atomic E-state index is -1.23. The maximum atomic E-state index is 12.3. The molecule has 5 heteroatoms. The van der Waals surface area contributed by atoms with E-state index < -0.39 is 5.97 Å². The molecule has 0 spiro atoms. The molecule has 1 fully saturated rings. The van der Waals surface area contributed by atoms with Crippen LogP contribution in [0.3, 0.4) is 0 Å². The van der Waals surface area contributed by atoms with Crippen molar-refractivity contribution in [1.29, 1.82) is 0 Å². The summed E-state index contributed by atoms with van der Waals surface area (Å²) < 4.78 is 5.45. The van der Waals surface area contributed by atoms with Crippen LogP contribution in [0, 0.1) is 0 Å². The number of rotatable bonds is 4. The Morgan fingerprint density at radius 3 is 2.29 bits per heavy atom. The topological polar surface area (TPSA) is 69.7 Å². The van der Waals surface area contributed by atoms with Crippen molar-refractivity contribution in [3.63, 3.8) is 0 Å². The van der Waals surface area contributed by atoms with Crippen LogP contribution < -0.4 is 9.84 Å². The predicted octanol–water partition coefficient (Wildman–Crippen LogP) is 1.22. The van der Waals surface area contributed by atoms with Gasteiger partial charge >= 0.3 is 0 Å². The van der Waals surface area contributed by atoms with E-state index in [-0.39, 0.29) is 30.2 Å². The fourth-order valence-electron chi connectivity index (χ4n) is 2.82. The fourth-order valence-corrected chi connectivity index (χ4v) is 2.82. The second-order valence-corrected chi connectivity index (χ2v) is 5.53. The van der Waals surface area contributed by atoms with E-state index in [9.17, 15) is 14.7 Å². The molecule has 0 unspecified atom stereocenters. The summed E-state index contributed by atoms with van der Waals surface area (Å²) in [6, 6.07) is 6.35. The first kappa shape index (κ1) is 15.4. The van der Waals surface area contributed by atoms with Crippen molar-refractivity contribution in [3.05, 3.63) is 29.8 Å². The number of aromatic carboxylic acids is 1. The molecule has 1 aliphatic rings. The number of amides is 1. The molecule has 2 rings (SSSR count). The van der Waals surface area contributed by atoms with Gasteiger partial charge in [-0.2, -0.15) is 0 Å². The van der Waals surface area contributed by atoms with Gasteiger partial charge in [0.1, 0.15) is 5.75 Å². The molecule has 1 heterocycles. The summed E-state index contributed by atoms with van der Waals surface area (Å²) in [5, 5.41) is 10.6. The van der Waals surface area contributed by atoms with Crippen LogP contribution in [0.5, 0.6) is 5.75 Å². The normalized spacial score (nSPS) is 21.9. The summed E-state index contributed by atoms with van der Waals surface area (Å²) in [6.07, 6.45) is 3.20. The number of nitrogens with zero attached hydrogens (tertiary/aromatic N) is 1. The molecular weight excluding hydrogens is 270 g/mol. The number of carbonyl (C=O) groups excluding carboxylic acids is 2. The summed E-state index contributed by atoms with van der Waals surface area (Å²) in [5.74, 6) is -0.780. The van der Waals surface area contributed by atoms with Crippen LogP contribution in [-0.2, 0) is 4.79 Å². The lowest BCUT2D eigenvalue weighted by Gasteiger charge is -2.38. The van der Waals surface area contributed by atoms with E-state index in [0.717, 1.165) is 19.3 Å². The molecule has 0 bridgehead atoms. The molecule has 0 aliphatic carbocycles. The molecule has 114 valence electrons. The Balaban J connectivity index is 1.92. The van der Waals surface area contributed by atoms with Crippen LogP contribution in [0.15, 0.2) is 24.3 Å². The summed E-state index contributed by atoms with van der Waals surface area (Å²) in [5.41, 5.74) is 0.0898. The van der Waals surface area contributed by atoms with Gasteiger partial charge in [-0.15, -0.1) is 0 Å². The Hall–Kier alpha value is -2.04. The lowest BCUT2D eigenvalue weighted by molar-refractivity contribution is -0.255. The molecule has 21 heavy (non-hydrogen) atoms. The van der Waals surface area contributed by atoms with Crippen molar-refractivity contribution < 1.29 is 19.4 Å². The number of likely N-dealkylation sites (tertiary alicyclic amines) is 1. The SMILES string of the molecule is C[C@H]1CCC[C@H](C)N1C(=O)COc1ccc(C(=O)[O-])cc1. The van der Waals surface area contributed by atoms with Crippen molar-refractivity contribution in [2.45, 2.75) is 45.2 Å². The Labute approximate surface area is 124 Å². The molecule has 0 saturated carbocycles. The highest BCUT2D eigenvalue weighted by Crippen LogP contribution is 2.22. The lowest BCUT2D eigenvalue weighted by Crippen LogP contribution is -2.49. The van der Waals surface area contributed by atoms with Crippen molar-refractivity contribution in [2.75, 3.05) is 6.61 Å². The Morgan fingerprint density at radius 2 is 1.76 bits per heavy atom. The number of ether oxygens (including phenoxy) is 1. The minimum absolute atomic E-state index is 0.0284. The monoisotopic (exact) mass is 290 g/mol. The molecule has 1 amide bonds. The zero-order chi connectivity index (χ0) is 15.4. The molecule has 1 aromatic rings. The first-order valence-electron chi connectivity index (χ1n) is 7.24. The number of carboxylic acid groups (broad SMARTS) is 1. The van der Waals surface area contributed by atoms with E-state index in [1.165, 1.54) is 24.3 Å². The molecule has 0 radical (unpaired) electrons. The van der Waals surface area contributed by atoms with E-state index >= 15 is 0 Å². The maximum Gasteiger partial charge on any atom is 0.260 e. The standard InChI is InChI=1S/C16H21NO4/c1-11-4-3-5-12(2)17(11)15(18)10-21-14-8-6-13(7-9-14)16(19)20/h6-9,11-12H,3-5,10H2,1-2H3,(H,19,20)/p-1/t11-,12-/m0/s1. The molecule has 0 N–H and O–H groups in total. The molecule has 2 atom stereocenters. The third kappa shape index (κ3) is 3.74. The second-order valence-electron chi connectivity index (χ2n) is 5.53. The lowest BCUT2D eigenvalue weighted by atomic mass is 9.97. The smallest absolute Gasteiger partial charge is 0.260 e. The number of hydrogen-bond donors (Lipinski definition) is 0. The van der Waals surface area contributed by atoms with Crippen molar-refractivity contribution >= 4 is 11.9 Å². The third-order valence-corrected chi connectivity index (χ3v) is 3.93. The van der Waals surface area contributed by atoms with Gasteiger partial charge in [-0.1, -0.05) is 0 Å². The van der Waals surface area contributed by atoms with Crippen molar-refractivity contribution in [3.8, 4) is 5.75 Å². The summed E-state index contributed by atoms with van der Waals surface area (Å²) in [4.78, 5) is 24.8. The largest absolute Gasteiger partial charge is 0.545 e. The first-order chi connectivity index (χ1) is 9.99. The number of hydrogen-bond acceptors (Lipinski definition) is 4. The van der Waals surface area contributed by atoms with Gasteiger partial charge in [0, 0.05) is 12.1 Å². The number of benzene rings is 1. The third-order valence-electron chi connectivity index (χ3n) is 3.93. The van der Waals surface area contributed by atoms with Gasteiger partial charge < -0.3 is 19.5 Å². The van der Waals surface area contributed by atoms with Crippen molar-refractivity contribution in [2.24, 2.45) is 0 Å². The Morgan fingerprint density at radius 1 is 1.19 bits per heavy atom. The fraction of sp³-hybridized carbons (Fsp3) is 0.500. The molecule has 1 saturated heterocycles. The summed E-state index contributed by atoms with van der Waals surface area (Å²) in [6.45, 7) is 4.09. The summed E-state index contributed by atoms with van der Waals surface area (Å²) in [7, 11) is 0. The quantitative estimate of drug-likeness (QED) is 0.836. The van der Waals surface area contributed by atoms with Gasteiger partial charge in [-0.25, -0.2) is 0 Å². The number of carbonyl (C=O) groups is 2. The molecule has 0 aromatic heterocycles. The van der Waals surface area contributed by atoms with E-state index in [1.807, 2.05) is 4.90 Å². The Bertz CT molecular complexity index is 502. The van der Waals surface area contributed by atoms with Gasteiger partial charge in [0.2, 0.25) is 0 Å². The maximum absolute atomic E-state index is 12.3. The Kier molecular flexibility index (Phi) is 4.83. The van der Waals surface area contributed by atoms with E-state index in [0.29, 0.717) is 5.75 Å². The number of piperidine rings is 1. The predicted molar refractivity (Wildman–Crippen MR) is 75.9 cm³/mol. The van der Waals surface area contributed by atoms with Crippen LogP contribution in [-0.4, -0.2) is 35.5 Å². The van der Waals surface area contributed by atoms with Gasteiger partial charge in [0.15, 0.2) is 6.61 Å². The highest BCUT2D eigenvalue weighted by Gasteiger charge is 2.28. The van der Waals surface area contributed by atoms with Crippen LogP contribution in [0.25, 0.3) is 0 Å². The molecule has 5 nitrogen and oxygen atoms in total. The molecular formula is C16H20NO4-. The average molecular weight is 290 g/mol. The van der Waals surface area contributed by atoms with Gasteiger partial charge in [0.25, 0.3) is 5.91 Å². The van der Waals surface area contributed by atoms with Gasteiger partial charge in [0.05, 0.1) is 5.97 Å². The first-order valence-corrected chi connectivity index (χ1v) is 7.24. The van der Waals surface area contributed by atoms with Crippen molar-refractivity contribution in [1.82, 2.24) is 4.90 Å². The average Bonchev–Trinajstić information content (AvgIpc) is 2.45. The minimum Gasteiger partial charge on any atom is -0.545 e. The van der Waals surface area contributed by atoms with Crippen LogP contribution >= 0.6 is 0 Å². The summed E-state index contributed by atoms with van der Waals surface area (Å²) >= 11 is 0. The van der Waals surface area contributed by atoms with Gasteiger partial charge in [-0.3, -0.25) is 4.79 Å². The van der Waals surface area contributed by atoms with Gasteiger partial charge in [-0.05, 0) is 62.9 Å². The van der Waals surface area contributed by atoms with E-state index in [4.69, 9.17) is 4.74 Å². The second kappa shape index (κ2) is 6.61. The molecule has 1 aliphatic heterocycles. The van der Waals surface area contributed by atoms with Crippen LogP contribution in [0.4, 0.5) is 0 Å².